The third-order valence-corrected chi connectivity index (χ3v) is 2.69. The number of hydrogen-bond donors (Lipinski definition) is 0. The van der Waals surface area contributed by atoms with Crippen LogP contribution in [0.3, 0.4) is 0 Å². The normalized spacial score (nSPS) is 10.8. The highest BCUT2D eigenvalue weighted by Crippen LogP contribution is 2.20. The Hall–Kier alpha value is -1.12. The minimum Gasteiger partial charge on any atom is -0.207 e. The van der Waals surface area contributed by atoms with Crippen molar-refractivity contribution in [2.45, 2.75) is 4.90 Å². The topological polar surface area (TPSA) is 57.9 Å². The summed E-state index contributed by atoms with van der Waals surface area (Å²) in [6.45, 7) is 0. The van der Waals surface area contributed by atoms with Crippen molar-refractivity contribution in [2.24, 2.45) is 0 Å². The van der Waals surface area contributed by atoms with Crippen molar-refractivity contribution < 1.29 is 12.8 Å². The van der Waals surface area contributed by atoms with Crippen LogP contribution >= 0.6 is 10.7 Å². The Morgan fingerprint density at radius 2 is 2.08 bits per heavy atom. The Morgan fingerprint density at radius 3 is 2.54 bits per heavy atom. The van der Waals surface area contributed by atoms with E-state index in [1.807, 2.05) is 0 Å². The van der Waals surface area contributed by atoms with Crippen molar-refractivity contribution in [3.05, 3.63) is 29.6 Å². The van der Waals surface area contributed by atoms with Crippen molar-refractivity contribution in [1.29, 1.82) is 5.26 Å². The minimum atomic E-state index is -4.06. The first kappa shape index (κ1) is 9.96. The van der Waals surface area contributed by atoms with Gasteiger partial charge in [-0.2, -0.15) is 5.26 Å². The fourth-order valence-electron chi connectivity index (χ4n) is 0.790. The van der Waals surface area contributed by atoms with Gasteiger partial charge in [-0.05, 0) is 18.2 Å². The average molecular weight is 220 g/mol. The second-order valence-electron chi connectivity index (χ2n) is 2.19. The van der Waals surface area contributed by atoms with E-state index in [2.05, 4.69) is 0 Å². The number of hydrogen-bond acceptors (Lipinski definition) is 3. The molecule has 68 valence electrons. The van der Waals surface area contributed by atoms with Crippen LogP contribution in [0.5, 0.6) is 0 Å². The van der Waals surface area contributed by atoms with E-state index in [0.717, 1.165) is 12.1 Å². The van der Waals surface area contributed by atoms with Gasteiger partial charge in [-0.25, -0.2) is 12.8 Å². The SMILES string of the molecule is N#Cc1ccc(F)cc1S(=O)(=O)Cl. The molecule has 0 saturated heterocycles. The van der Waals surface area contributed by atoms with Gasteiger partial charge >= 0.3 is 0 Å². The smallest absolute Gasteiger partial charge is 0.207 e. The predicted molar refractivity (Wildman–Crippen MR) is 44.2 cm³/mol. The Morgan fingerprint density at radius 1 is 1.46 bits per heavy atom. The highest BCUT2D eigenvalue weighted by molar-refractivity contribution is 8.13. The summed E-state index contributed by atoms with van der Waals surface area (Å²) < 4.78 is 34.2. The van der Waals surface area contributed by atoms with E-state index in [0.29, 0.717) is 6.07 Å². The van der Waals surface area contributed by atoms with Crippen LogP contribution in [0.4, 0.5) is 4.39 Å². The molecule has 3 nitrogen and oxygen atoms in total. The second kappa shape index (κ2) is 3.32. The average Bonchev–Trinajstić information content (AvgIpc) is 2.03. The summed E-state index contributed by atoms with van der Waals surface area (Å²) in [5.41, 5.74) is -0.170. The molecule has 13 heavy (non-hydrogen) atoms. The van der Waals surface area contributed by atoms with E-state index < -0.39 is 19.8 Å². The van der Waals surface area contributed by atoms with Gasteiger partial charge in [-0.3, -0.25) is 0 Å². The van der Waals surface area contributed by atoms with Crippen LogP contribution in [0.1, 0.15) is 5.56 Å². The Bertz CT molecular complexity index is 478. The molecule has 0 bridgehead atoms. The van der Waals surface area contributed by atoms with Crippen LogP contribution in [-0.2, 0) is 9.05 Å². The van der Waals surface area contributed by atoms with Gasteiger partial charge in [0.15, 0.2) is 0 Å². The van der Waals surface area contributed by atoms with E-state index in [1.165, 1.54) is 0 Å². The molecule has 0 N–H and O–H groups in total. The lowest BCUT2D eigenvalue weighted by Crippen LogP contribution is -1.95. The van der Waals surface area contributed by atoms with Gasteiger partial charge in [0.2, 0.25) is 0 Å². The van der Waals surface area contributed by atoms with Gasteiger partial charge in [0, 0.05) is 10.7 Å². The van der Waals surface area contributed by atoms with Crippen molar-refractivity contribution in [3.8, 4) is 6.07 Å². The Balaban J connectivity index is 3.53. The lowest BCUT2D eigenvalue weighted by molar-refractivity contribution is 0.602. The van der Waals surface area contributed by atoms with Crippen LogP contribution in [0.15, 0.2) is 23.1 Å². The molecule has 1 aromatic rings. The highest BCUT2D eigenvalue weighted by Gasteiger charge is 2.16. The highest BCUT2D eigenvalue weighted by atomic mass is 35.7. The second-order valence-corrected chi connectivity index (χ2v) is 4.72. The van der Waals surface area contributed by atoms with Crippen LogP contribution < -0.4 is 0 Å². The zero-order chi connectivity index (χ0) is 10.1. The molecule has 0 amide bonds. The van der Waals surface area contributed by atoms with Gasteiger partial charge < -0.3 is 0 Å². The molecule has 0 aliphatic heterocycles. The number of halogens is 2. The largest absolute Gasteiger partial charge is 0.262 e. The summed E-state index contributed by atoms with van der Waals surface area (Å²) in [6.07, 6.45) is 0. The zero-order valence-electron chi connectivity index (χ0n) is 6.16. The number of nitrogens with zero attached hydrogens (tertiary/aromatic N) is 1. The molecule has 0 unspecified atom stereocenters. The van der Waals surface area contributed by atoms with Crippen molar-refractivity contribution in [2.75, 3.05) is 0 Å². The molecule has 0 heterocycles. The fraction of sp³-hybridized carbons (Fsp3) is 0. The maximum absolute atomic E-state index is 12.6. The van der Waals surface area contributed by atoms with Crippen LogP contribution in [0.25, 0.3) is 0 Å². The molecular formula is C7H3ClFNO2S. The number of benzene rings is 1. The summed E-state index contributed by atoms with van der Waals surface area (Å²) in [5.74, 6) is -0.752. The predicted octanol–water partition coefficient (Wildman–Crippen LogP) is 1.62. The fourth-order valence-corrected chi connectivity index (χ4v) is 1.80. The monoisotopic (exact) mass is 219 g/mol. The van der Waals surface area contributed by atoms with Crippen molar-refractivity contribution in [1.82, 2.24) is 0 Å². The Kier molecular flexibility index (Phi) is 2.55. The molecule has 0 radical (unpaired) electrons. The zero-order valence-corrected chi connectivity index (χ0v) is 7.73. The lowest BCUT2D eigenvalue weighted by atomic mass is 10.2. The Labute approximate surface area is 78.8 Å². The summed E-state index contributed by atoms with van der Waals surface area (Å²) >= 11 is 0. The quantitative estimate of drug-likeness (QED) is 0.675. The molecule has 0 spiro atoms. The number of nitriles is 1. The standard InChI is InChI=1S/C7H3ClFNO2S/c8-13(11,12)7-3-6(9)2-1-5(7)4-10/h1-3H. The molecule has 0 aliphatic rings. The van der Waals surface area contributed by atoms with E-state index in [9.17, 15) is 12.8 Å². The van der Waals surface area contributed by atoms with E-state index in [4.69, 9.17) is 15.9 Å². The van der Waals surface area contributed by atoms with Crippen LogP contribution in [0, 0.1) is 17.1 Å². The molecule has 0 atom stereocenters. The van der Waals surface area contributed by atoms with E-state index >= 15 is 0 Å². The number of rotatable bonds is 1. The van der Waals surface area contributed by atoms with Crippen LogP contribution in [0.2, 0.25) is 0 Å². The third kappa shape index (κ3) is 2.17. The van der Waals surface area contributed by atoms with Gasteiger partial charge in [-0.1, -0.05) is 0 Å². The first-order valence-corrected chi connectivity index (χ1v) is 5.40. The maximum atomic E-state index is 12.6. The molecule has 6 heteroatoms. The lowest BCUT2D eigenvalue weighted by Gasteiger charge is -1.98. The third-order valence-electron chi connectivity index (χ3n) is 1.33. The van der Waals surface area contributed by atoms with Crippen molar-refractivity contribution in [3.63, 3.8) is 0 Å². The summed E-state index contributed by atoms with van der Waals surface area (Å²) in [4.78, 5) is -0.503. The molecular weight excluding hydrogens is 217 g/mol. The first-order valence-electron chi connectivity index (χ1n) is 3.09. The molecule has 0 aromatic heterocycles. The molecule has 0 aliphatic carbocycles. The van der Waals surface area contributed by atoms with Gasteiger partial charge in [0.25, 0.3) is 9.05 Å². The van der Waals surface area contributed by atoms with E-state index in [-0.39, 0.29) is 5.56 Å². The van der Waals surface area contributed by atoms with Gasteiger partial charge in [0.1, 0.15) is 16.8 Å². The molecule has 0 fully saturated rings. The summed E-state index contributed by atoms with van der Waals surface area (Å²) in [5, 5.41) is 8.48. The van der Waals surface area contributed by atoms with E-state index in [1.54, 1.807) is 6.07 Å². The molecule has 1 aromatic carbocycles. The van der Waals surface area contributed by atoms with Crippen molar-refractivity contribution >= 4 is 19.7 Å². The minimum absolute atomic E-state index is 0.170. The van der Waals surface area contributed by atoms with Gasteiger partial charge in [-0.15, -0.1) is 0 Å². The molecule has 1 rings (SSSR count). The summed E-state index contributed by atoms with van der Waals surface area (Å²) in [7, 11) is 0.911. The first-order chi connectivity index (χ1) is 5.95. The van der Waals surface area contributed by atoms with Gasteiger partial charge in [0.05, 0.1) is 5.56 Å². The van der Waals surface area contributed by atoms with Crippen LogP contribution in [-0.4, -0.2) is 8.42 Å². The summed E-state index contributed by atoms with van der Waals surface area (Å²) in [6, 6.07) is 4.36. The maximum Gasteiger partial charge on any atom is 0.262 e. The molecule has 0 saturated carbocycles.